The fourth-order valence-electron chi connectivity index (χ4n) is 3.01. The molecule has 2 N–H and O–H groups in total. The van der Waals surface area contributed by atoms with E-state index in [0.29, 0.717) is 0 Å². The highest BCUT2D eigenvalue weighted by Crippen LogP contribution is 2.33. The van der Waals surface area contributed by atoms with Crippen LogP contribution in [0.15, 0.2) is 59.2 Å². The number of rotatable bonds is 2. The third kappa shape index (κ3) is 2.18. The van der Waals surface area contributed by atoms with Crippen LogP contribution in [-0.2, 0) is 6.42 Å². The molecule has 2 nitrogen and oxygen atoms in total. The first kappa shape index (κ1) is 12.7. The van der Waals surface area contributed by atoms with Crippen LogP contribution in [0.2, 0.25) is 0 Å². The molecule has 3 aromatic rings. The smallest absolute Gasteiger partial charge is 0.0704 e. The lowest BCUT2D eigenvalue weighted by molar-refractivity contribution is 0.599. The maximum absolute atomic E-state index is 3.64. The summed E-state index contributed by atoms with van der Waals surface area (Å²) in [6.07, 6.45) is 5.17. The highest BCUT2D eigenvalue weighted by atomic mass is 79.9. The fraction of sp³-hybridized carbons (Fsp3) is 0.111. The maximum atomic E-state index is 3.64. The molecule has 0 bridgehead atoms. The Morgan fingerprint density at radius 1 is 1.00 bits per heavy atom. The van der Waals surface area contributed by atoms with E-state index in [-0.39, 0.29) is 6.04 Å². The molecule has 104 valence electrons. The van der Waals surface area contributed by atoms with Gasteiger partial charge in [-0.05, 0) is 36.4 Å². The second-order valence-corrected chi connectivity index (χ2v) is 6.20. The summed E-state index contributed by atoms with van der Waals surface area (Å²) in [6, 6.07) is 17.2. The molecule has 0 saturated heterocycles. The van der Waals surface area contributed by atoms with E-state index in [2.05, 4.69) is 87.0 Å². The van der Waals surface area contributed by atoms with Crippen LogP contribution in [0.5, 0.6) is 0 Å². The van der Waals surface area contributed by atoms with Crippen molar-refractivity contribution in [1.82, 2.24) is 10.3 Å². The number of nitrogens with one attached hydrogen (secondary N) is 2. The average molecular weight is 339 g/mol. The molecule has 1 aliphatic heterocycles. The molecule has 1 aromatic heterocycles. The Morgan fingerprint density at radius 2 is 1.81 bits per heavy atom. The van der Waals surface area contributed by atoms with Crippen LogP contribution < -0.4 is 5.32 Å². The zero-order chi connectivity index (χ0) is 14.2. The predicted molar refractivity (Wildman–Crippen MR) is 91.1 cm³/mol. The zero-order valence-electron chi connectivity index (χ0n) is 11.4. The molecule has 1 aliphatic rings. The van der Waals surface area contributed by atoms with E-state index < -0.39 is 0 Å². The lowest BCUT2D eigenvalue weighted by atomic mass is 9.97. The molecule has 3 heteroatoms. The average Bonchev–Trinajstić information content (AvgIpc) is 2.89. The van der Waals surface area contributed by atoms with Crippen molar-refractivity contribution in [3.63, 3.8) is 0 Å². The number of para-hydroxylation sites is 1. The Kier molecular flexibility index (Phi) is 3.08. The van der Waals surface area contributed by atoms with E-state index in [4.69, 9.17) is 0 Å². The summed E-state index contributed by atoms with van der Waals surface area (Å²) in [5.74, 6) is 0. The molecule has 0 amide bonds. The van der Waals surface area contributed by atoms with Crippen LogP contribution in [0.25, 0.3) is 17.0 Å². The van der Waals surface area contributed by atoms with Gasteiger partial charge < -0.3 is 10.3 Å². The SMILES string of the molecule is Brc1ccccc1CC1NC=Cc2c1[nH]c1ccccc21. The Balaban J connectivity index is 1.77. The molecule has 2 aromatic carbocycles. The summed E-state index contributed by atoms with van der Waals surface area (Å²) >= 11 is 3.64. The topological polar surface area (TPSA) is 27.8 Å². The van der Waals surface area contributed by atoms with Crippen molar-refractivity contribution < 1.29 is 0 Å². The highest BCUT2D eigenvalue weighted by Gasteiger charge is 2.21. The minimum Gasteiger partial charge on any atom is -0.382 e. The van der Waals surface area contributed by atoms with Crippen LogP contribution in [0, 0.1) is 0 Å². The Morgan fingerprint density at radius 3 is 2.71 bits per heavy atom. The van der Waals surface area contributed by atoms with Crippen molar-refractivity contribution in [3.05, 3.63) is 76.0 Å². The van der Waals surface area contributed by atoms with Gasteiger partial charge in [-0.2, -0.15) is 0 Å². The fourth-order valence-corrected chi connectivity index (χ4v) is 3.46. The van der Waals surface area contributed by atoms with Gasteiger partial charge in [-0.25, -0.2) is 0 Å². The summed E-state index contributed by atoms with van der Waals surface area (Å²) in [7, 11) is 0. The first-order valence-corrected chi connectivity index (χ1v) is 7.89. The van der Waals surface area contributed by atoms with E-state index in [9.17, 15) is 0 Å². The first-order chi connectivity index (χ1) is 10.3. The van der Waals surface area contributed by atoms with Crippen molar-refractivity contribution in [1.29, 1.82) is 0 Å². The Bertz CT molecular complexity index is 832. The molecule has 0 aliphatic carbocycles. The van der Waals surface area contributed by atoms with E-state index in [1.165, 1.54) is 32.2 Å². The molecule has 1 atom stereocenters. The molecule has 2 heterocycles. The normalized spacial score (nSPS) is 16.7. The number of halogens is 1. The van der Waals surface area contributed by atoms with Crippen LogP contribution in [-0.4, -0.2) is 4.98 Å². The van der Waals surface area contributed by atoms with Gasteiger partial charge in [-0.1, -0.05) is 52.3 Å². The second-order valence-electron chi connectivity index (χ2n) is 5.35. The van der Waals surface area contributed by atoms with E-state index >= 15 is 0 Å². The minimum atomic E-state index is 0.274. The highest BCUT2D eigenvalue weighted by molar-refractivity contribution is 9.10. The Hall–Kier alpha value is -2.00. The van der Waals surface area contributed by atoms with Crippen molar-refractivity contribution in [2.75, 3.05) is 0 Å². The molecule has 0 spiro atoms. The van der Waals surface area contributed by atoms with Crippen molar-refractivity contribution >= 4 is 32.9 Å². The summed E-state index contributed by atoms with van der Waals surface area (Å²) in [5.41, 5.74) is 5.10. The summed E-state index contributed by atoms with van der Waals surface area (Å²) in [6.45, 7) is 0. The maximum Gasteiger partial charge on any atom is 0.0704 e. The minimum absolute atomic E-state index is 0.274. The quantitative estimate of drug-likeness (QED) is 0.690. The molecule has 21 heavy (non-hydrogen) atoms. The van der Waals surface area contributed by atoms with Crippen LogP contribution in [0.1, 0.15) is 22.9 Å². The number of hydrogen-bond acceptors (Lipinski definition) is 1. The number of fused-ring (bicyclic) bond motifs is 3. The Labute approximate surface area is 132 Å². The van der Waals surface area contributed by atoms with Gasteiger partial charge in [0.1, 0.15) is 0 Å². The van der Waals surface area contributed by atoms with Gasteiger partial charge in [0.15, 0.2) is 0 Å². The molecular weight excluding hydrogens is 324 g/mol. The van der Waals surface area contributed by atoms with Crippen molar-refractivity contribution in [3.8, 4) is 0 Å². The van der Waals surface area contributed by atoms with Gasteiger partial charge in [0.2, 0.25) is 0 Å². The first-order valence-electron chi connectivity index (χ1n) is 7.09. The summed E-state index contributed by atoms with van der Waals surface area (Å²) in [4.78, 5) is 3.58. The van der Waals surface area contributed by atoms with Gasteiger partial charge >= 0.3 is 0 Å². The lowest BCUT2D eigenvalue weighted by Gasteiger charge is -2.21. The largest absolute Gasteiger partial charge is 0.382 e. The second kappa shape index (κ2) is 5.08. The van der Waals surface area contributed by atoms with E-state index in [0.717, 1.165) is 6.42 Å². The third-order valence-electron chi connectivity index (χ3n) is 4.05. The number of hydrogen-bond donors (Lipinski definition) is 2. The molecule has 0 radical (unpaired) electrons. The van der Waals surface area contributed by atoms with E-state index in [1.54, 1.807) is 0 Å². The number of H-pyrrole nitrogens is 1. The molecule has 1 unspecified atom stereocenters. The van der Waals surface area contributed by atoms with Crippen molar-refractivity contribution in [2.45, 2.75) is 12.5 Å². The third-order valence-corrected chi connectivity index (χ3v) is 4.83. The van der Waals surface area contributed by atoms with Gasteiger partial charge in [-0.3, -0.25) is 0 Å². The van der Waals surface area contributed by atoms with Crippen molar-refractivity contribution in [2.24, 2.45) is 0 Å². The summed E-state index contributed by atoms with van der Waals surface area (Å²) < 4.78 is 1.17. The van der Waals surface area contributed by atoms with Gasteiger partial charge in [0.05, 0.1) is 6.04 Å². The summed E-state index contributed by atoms with van der Waals surface area (Å²) in [5, 5.41) is 4.77. The number of aromatic amines is 1. The van der Waals surface area contributed by atoms with Gasteiger partial charge in [0, 0.05) is 26.6 Å². The molecule has 0 fully saturated rings. The predicted octanol–water partition coefficient (Wildman–Crippen LogP) is 4.79. The van der Waals surface area contributed by atoms with Gasteiger partial charge in [-0.15, -0.1) is 0 Å². The lowest BCUT2D eigenvalue weighted by Crippen LogP contribution is -2.21. The number of benzene rings is 2. The zero-order valence-corrected chi connectivity index (χ0v) is 13.0. The van der Waals surface area contributed by atoms with Gasteiger partial charge in [0.25, 0.3) is 0 Å². The standard InChI is InChI=1S/C18H15BrN2/c19-15-7-3-1-5-12(15)11-17-18-14(9-10-20-17)13-6-2-4-8-16(13)21-18/h1-10,17,20-21H,11H2. The molecular formula is C18H15BrN2. The van der Waals surface area contributed by atoms with Crippen LogP contribution in [0.3, 0.4) is 0 Å². The monoisotopic (exact) mass is 338 g/mol. The number of aromatic nitrogens is 1. The van der Waals surface area contributed by atoms with Crippen LogP contribution >= 0.6 is 15.9 Å². The van der Waals surface area contributed by atoms with E-state index in [1.807, 2.05) is 0 Å². The molecule has 4 rings (SSSR count). The molecule has 0 saturated carbocycles. The van der Waals surface area contributed by atoms with Crippen LogP contribution in [0.4, 0.5) is 0 Å².